The van der Waals surface area contributed by atoms with Crippen LogP contribution in [0.3, 0.4) is 0 Å². The third kappa shape index (κ3) is 4.16. The Kier molecular flexibility index (Phi) is 4.87. The van der Waals surface area contributed by atoms with E-state index in [-0.39, 0.29) is 0 Å². The standard InChI is InChI=1S/C14H20ClNO2/c1-10-3-2-4-13(15)14(10)16-7-12(17)9-18-8-11-5-6-11/h2-4,11-12,16-17H,5-9H2,1H3. The minimum absolute atomic E-state index is 0.382. The molecule has 0 bridgehead atoms. The van der Waals surface area contributed by atoms with Gasteiger partial charge in [0, 0.05) is 13.2 Å². The highest BCUT2D eigenvalue weighted by Crippen LogP contribution is 2.28. The topological polar surface area (TPSA) is 41.5 Å². The first-order valence-corrected chi connectivity index (χ1v) is 6.79. The van der Waals surface area contributed by atoms with Crippen molar-refractivity contribution in [2.24, 2.45) is 5.92 Å². The van der Waals surface area contributed by atoms with Crippen LogP contribution in [0, 0.1) is 12.8 Å². The number of hydrogen-bond donors (Lipinski definition) is 2. The maximum Gasteiger partial charge on any atom is 0.0945 e. The predicted octanol–water partition coefficient (Wildman–Crippen LogP) is 2.85. The van der Waals surface area contributed by atoms with Gasteiger partial charge in [-0.25, -0.2) is 0 Å². The molecule has 0 saturated heterocycles. The molecule has 2 N–H and O–H groups in total. The SMILES string of the molecule is Cc1cccc(Cl)c1NCC(O)COCC1CC1. The van der Waals surface area contributed by atoms with E-state index in [2.05, 4.69) is 5.32 Å². The van der Waals surface area contributed by atoms with Crippen molar-refractivity contribution in [3.05, 3.63) is 28.8 Å². The van der Waals surface area contributed by atoms with Crippen LogP contribution < -0.4 is 5.32 Å². The first-order valence-electron chi connectivity index (χ1n) is 6.41. The van der Waals surface area contributed by atoms with Gasteiger partial charge in [0.05, 0.1) is 23.4 Å². The molecule has 0 heterocycles. The van der Waals surface area contributed by atoms with E-state index in [9.17, 15) is 5.11 Å². The summed E-state index contributed by atoms with van der Waals surface area (Å²) in [4.78, 5) is 0. The summed E-state index contributed by atoms with van der Waals surface area (Å²) in [5, 5.41) is 13.6. The van der Waals surface area contributed by atoms with Crippen molar-refractivity contribution in [3.63, 3.8) is 0 Å². The van der Waals surface area contributed by atoms with Crippen molar-refractivity contribution in [2.45, 2.75) is 25.9 Å². The number of rotatable bonds is 7. The van der Waals surface area contributed by atoms with Crippen LogP contribution in [0.4, 0.5) is 5.69 Å². The van der Waals surface area contributed by atoms with Crippen molar-refractivity contribution < 1.29 is 9.84 Å². The molecule has 1 fully saturated rings. The average molecular weight is 270 g/mol. The van der Waals surface area contributed by atoms with Gasteiger partial charge in [0.15, 0.2) is 0 Å². The van der Waals surface area contributed by atoms with Crippen molar-refractivity contribution in [1.82, 2.24) is 0 Å². The largest absolute Gasteiger partial charge is 0.389 e. The van der Waals surface area contributed by atoms with E-state index in [4.69, 9.17) is 16.3 Å². The predicted molar refractivity (Wildman–Crippen MR) is 74.2 cm³/mol. The normalized spacial score (nSPS) is 16.6. The minimum atomic E-state index is -0.501. The number of ether oxygens (including phenoxy) is 1. The number of hydrogen-bond acceptors (Lipinski definition) is 3. The van der Waals surface area contributed by atoms with Gasteiger partial charge in [-0.3, -0.25) is 0 Å². The fourth-order valence-corrected chi connectivity index (χ4v) is 2.08. The third-order valence-electron chi connectivity index (χ3n) is 3.10. The molecule has 0 aliphatic heterocycles. The molecule has 1 atom stereocenters. The molecule has 1 aromatic carbocycles. The van der Waals surface area contributed by atoms with Crippen molar-refractivity contribution in [2.75, 3.05) is 25.1 Å². The van der Waals surface area contributed by atoms with Crippen LogP contribution in [0.15, 0.2) is 18.2 Å². The Bertz CT molecular complexity index is 373. The fraction of sp³-hybridized carbons (Fsp3) is 0.571. The summed E-state index contributed by atoms with van der Waals surface area (Å²) in [5.74, 6) is 0.732. The lowest BCUT2D eigenvalue weighted by Gasteiger charge is -2.15. The third-order valence-corrected chi connectivity index (χ3v) is 3.41. The molecule has 100 valence electrons. The van der Waals surface area contributed by atoms with Gasteiger partial charge >= 0.3 is 0 Å². The van der Waals surface area contributed by atoms with Crippen LogP contribution in [0.25, 0.3) is 0 Å². The number of para-hydroxylation sites is 1. The highest BCUT2D eigenvalue weighted by Gasteiger charge is 2.21. The molecule has 0 aromatic heterocycles. The van der Waals surface area contributed by atoms with E-state index in [0.29, 0.717) is 18.2 Å². The summed E-state index contributed by atoms with van der Waals surface area (Å²) in [5.41, 5.74) is 1.97. The minimum Gasteiger partial charge on any atom is -0.389 e. The van der Waals surface area contributed by atoms with Crippen molar-refractivity contribution in [1.29, 1.82) is 0 Å². The van der Waals surface area contributed by atoms with Gasteiger partial charge in [-0.05, 0) is 37.3 Å². The zero-order chi connectivity index (χ0) is 13.0. The molecule has 3 nitrogen and oxygen atoms in total. The Hall–Kier alpha value is -0.770. The molecular formula is C14H20ClNO2. The summed E-state index contributed by atoms with van der Waals surface area (Å²) in [6.07, 6.45) is 2.04. The molecule has 0 spiro atoms. The van der Waals surface area contributed by atoms with E-state index in [1.54, 1.807) is 0 Å². The number of aliphatic hydroxyl groups excluding tert-OH is 1. The van der Waals surface area contributed by atoms with E-state index >= 15 is 0 Å². The number of halogens is 1. The lowest BCUT2D eigenvalue weighted by atomic mass is 10.2. The quantitative estimate of drug-likeness (QED) is 0.800. The molecule has 1 aliphatic carbocycles. The summed E-state index contributed by atoms with van der Waals surface area (Å²) >= 11 is 6.09. The second kappa shape index (κ2) is 6.41. The number of anilines is 1. The van der Waals surface area contributed by atoms with E-state index in [0.717, 1.165) is 23.8 Å². The highest BCUT2D eigenvalue weighted by molar-refractivity contribution is 6.33. The highest BCUT2D eigenvalue weighted by atomic mass is 35.5. The van der Waals surface area contributed by atoms with Crippen molar-refractivity contribution >= 4 is 17.3 Å². The summed E-state index contributed by atoms with van der Waals surface area (Å²) in [6, 6.07) is 5.75. The molecule has 18 heavy (non-hydrogen) atoms. The zero-order valence-corrected chi connectivity index (χ0v) is 11.4. The van der Waals surface area contributed by atoms with Gasteiger partial charge in [0.1, 0.15) is 0 Å². The molecule has 4 heteroatoms. The zero-order valence-electron chi connectivity index (χ0n) is 10.7. The lowest BCUT2D eigenvalue weighted by molar-refractivity contribution is 0.0386. The van der Waals surface area contributed by atoms with Crippen molar-refractivity contribution in [3.8, 4) is 0 Å². The van der Waals surface area contributed by atoms with Gasteiger partial charge in [-0.2, -0.15) is 0 Å². The molecule has 1 saturated carbocycles. The van der Waals surface area contributed by atoms with Crippen LogP contribution in [-0.4, -0.2) is 31.0 Å². The molecule has 2 rings (SSSR count). The summed E-state index contributed by atoms with van der Waals surface area (Å²) < 4.78 is 5.45. The van der Waals surface area contributed by atoms with E-state index in [1.807, 2.05) is 25.1 Å². The Morgan fingerprint density at radius 1 is 1.50 bits per heavy atom. The smallest absolute Gasteiger partial charge is 0.0945 e. The molecule has 1 aliphatic rings. The van der Waals surface area contributed by atoms with Crippen LogP contribution in [0.2, 0.25) is 5.02 Å². The van der Waals surface area contributed by atoms with E-state index < -0.39 is 6.10 Å². The monoisotopic (exact) mass is 269 g/mol. The Labute approximate surface area is 113 Å². The van der Waals surface area contributed by atoms with Crippen LogP contribution in [0.1, 0.15) is 18.4 Å². The molecular weight excluding hydrogens is 250 g/mol. The summed E-state index contributed by atoms with van der Waals surface area (Å²) in [7, 11) is 0. The first-order chi connectivity index (χ1) is 8.66. The van der Waals surface area contributed by atoms with E-state index in [1.165, 1.54) is 12.8 Å². The van der Waals surface area contributed by atoms with Gasteiger partial charge in [0.25, 0.3) is 0 Å². The Balaban J connectivity index is 1.72. The van der Waals surface area contributed by atoms with Crippen LogP contribution in [0.5, 0.6) is 0 Å². The van der Waals surface area contributed by atoms with Gasteiger partial charge in [-0.15, -0.1) is 0 Å². The number of aryl methyl sites for hydroxylation is 1. The second-order valence-electron chi connectivity index (χ2n) is 4.95. The maximum atomic E-state index is 9.79. The molecule has 0 amide bonds. The number of benzene rings is 1. The van der Waals surface area contributed by atoms with Crippen LogP contribution in [-0.2, 0) is 4.74 Å². The molecule has 1 aromatic rings. The molecule has 1 unspecified atom stereocenters. The molecule has 0 radical (unpaired) electrons. The average Bonchev–Trinajstić information content (AvgIpc) is 3.12. The second-order valence-corrected chi connectivity index (χ2v) is 5.35. The maximum absolute atomic E-state index is 9.79. The number of nitrogens with one attached hydrogen (secondary N) is 1. The summed E-state index contributed by atoms with van der Waals surface area (Å²) in [6.45, 7) is 3.61. The Morgan fingerprint density at radius 3 is 2.94 bits per heavy atom. The van der Waals surface area contributed by atoms with Gasteiger partial charge in [-0.1, -0.05) is 23.7 Å². The first kappa shape index (κ1) is 13.7. The fourth-order valence-electron chi connectivity index (χ4n) is 1.79. The number of aliphatic hydroxyl groups is 1. The van der Waals surface area contributed by atoms with Crippen LogP contribution >= 0.6 is 11.6 Å². The Morgan fingerprint density at radius 2 is 2.28 bits per heavy atom. The van der Waals surface area contributed by atoms with Gasteiger partial charge < -0.3 is 15.2 Å². The van der Waals surface area contributed by atoms with Gasteiger partial charge in [0.2, 0.25) is 0 Å². The lowest BCUT2D eigenvalue weighted by Crippen LogP contribution is -2.25.